The van der Waals surface area contributed by atoms with Crippen molar-refractivity contribution in [3.63, 3.8) is 0 Å². The summed E-state index contributed by atoms with van der Waals surface area (Å²) in [5.41, 5.74) is -0.00607. The number of ether oxygens (including phenoxy) is 1. The molecule has 5 nitrogen and oxygen atoms in total. The van der Waals surface area contributed by atoms with Crippen LogP contribution < -0.4 is 4.74 Å². The summed E-state index contributed by atoms with van der Waals surface area (Å²) in [5, 5.41) is 12.9. The lowest BCUT2D eigenvalue weighted by Crippen LogP contribution is -2.25. The van der Waals surface area contributed by atoms with Gasteiger partial charge in [0.05, 0.1) is 5.56 Å². The number of hydrogen-bond donors (Lipinski definition) is 0. The first-order valence-electron chi connectivity index (χ1n) is 10.1. The Labute approximate surface area is 172 Å². The minimum atomic E-state index is -4.44. The Morgan fingerprint density at radius 3 is 2.67 bits per heavy atom. The van der Waals surface area contributed by atoms with Gasteiger partial charge in [-0.05, 0) is 44.2 Å². The topological polar surface area (TPSA) is 52.3 Å². The van der Waals surface area contributed by atoms with Gasteiger partial charge in [0, 0.05) is 23.8 Å². The van der Waals surface area contributed by atoms with Gasteiger partial charge in [0.1, 0.15) is 5.75 Å². The third kappa shape index (κ3) is 3.55. The normalized spacial score (nSPS) is 23.3. The first kappa shape index (κ1) is 19.1. The molecule has 0 saturated heterocycles. The first-order valence-corrected chi connectivity index (χ1v) is 10.1. The number of hydrogen-bond acceptors (Lipinski definition) is 4. The molecule has 3 aliphatic rings. The minimum Gasteiger partial charge on any atom is -0.441 e. The van der Waals surface area contributed by atoms with Gasteiger partial charge in [-0.1, -0.05) is 30.4 Å². The number of halogens is 3. The molecule has 2 heterocycles. The predicted octanol–water partition coefficient (Wildman–Crippen LogP) is 5.34. The van der Waals surface area contributed by atoms with Crippen molar-refractivity contribution in [1.82, 2.24) is 14.9 Å². The lowest BCUT2D eigenvalue weighted by Gasteiger charge is -2.24. The number of nitrogens with zero attached hydrogens (tertiary/aromatic N) is 4. The molecule has 0 N–H and O–H groups in total. The maximum atomic E-state index is 13.4. The molecular formula is C22H21F3N4O. The van der Waals surface area contributed by atoms with Crippen molar-refractivity contribution < 1.29 is 17.9 Å². The van der Waals surface area contributed by atoms with E-state index in [4.69, 9.17) is 4.74 Å². The lowest BCUT2D eigenvalue weighted by molar-refractivity contribution is -0.137. The van der Waals surface area contributed by atoms with E-state index in [2.05, 4.69) is 15.3 Å². The standard InChI is InChI=1S/C22H21F3N4O/c1-13-26-27-21-18(15-7-8-15)12-20(28-29(13)21)30-19-11-16(22(23,24)25)9-10-17(19)14-5-3-2-4-6-14/h2-5,9-11,14-15,18H,6-8,12H2,1H3. The maximum Gasteiger partial charge on any atom is 0.416 e. The Balaban J connectivity index is 1.53. The molecule has 0 amide bonds. The number of fused-ring (bicyclic) bond motifs is 1. The van der Waals surface area contributed by atoms with Crippen molar-refractivity contribution in [3.8, 4) is 5.75 Å². The highest BCUT2D eigenvalue weighted by Crippen LogP contribution is 2.46. The highest BCUT2D eigenvalue weighted by atomic mass is 19.4. The molecule has 0 radical (unpaired) electrons. The van der Waals surface area contributed by atoms with E-state index in [-0.39, 0.29) is 17.6 Å². The van der Waals surface area contributed by atoms with Crippen molar-refractivity contribution >= 4 is 5.90 Å². The summed E-state index contributed by atoms with van der Waals surface area (Å²) in [6.45, 7) is 1.81. The third-order valence-corrected chi connectivity index (χ3v) is 5.90. The van der Waals surface area contributed by atoms with Crippen molar-refractivity contribution in [2.45, 2.75) is 50.6 Å². The number of rotatable bonds is 3. The van der Waals surface area contributed by atoms with Gasteiger partial charge in [0.2, 0.25) is 5.90 Å². The van der Waals surface area contributed by atoms with Gasteiger partial charge in [-0.15, -0.1) is 15.3 Å². The molecule has 2 aromatic rings. The molecule has 30 heavy (non-hydrogen) atoms. The molecule has 1 saturated carbocycles. The van der Waals surface area contributed by atoms with Crippen molar-refractivity contribution in [2.75, 3.05) is 0 Å². The van der Waals surface area contributed by atoms with Gasteiger partial charge >= 0.3 is 6.18 Å². The van der Waals surface area contributed by atoms with E-state index in [0.717, 1.165) is 36.4 Å². The maximum absolute atomic E-state index is 13.4. The summed E-state index contributed by atoms with van der Waals surface area (Å²) < 4.78 is 47.9. The zero-order valence-corrected chi connectivity index (χ0v) is 16.4. The van der Waals surface area contributed by atoms with Gasteiger partial charge in [-0.3, -0.25) is 0 Å². The Morgan fingerprint density at radius 1 is 1.13 bits per heavy atom. The van der Waals surface area contributed by atoms with Crippen LogP contribution >= 0.6 is 0 Å². The molecule has 0 bridgehead atoms. The highest BCUT2D eigenvalue weighted by Gasteiger charge is 2.40. The summed E-state index contributed by atoms with van der Waals surface area (Å²) in [6.07, 6.45) is 6.82. The van der Waals surface area contributed by atoms with Crippen LogP contribution in [-0.4, -0.2) is 20.8 Å². The molecule has 156 valence electrons. The smallest absolute Gasteiger partial charge is 0.416 e. The zero-order chi connectivity index (χ0) is 20.9. The van der Waals surface area contributed by atoms with Gasteiger partial charge in [-0.25, -0.2) is 0 Å². The van der Waals surface area contributed by atoms with E-state index in [9.17, 15) is 13.2 Å². The van der Waals surface area contributed by atoms with Crippen LogP contribution in [0.25, 0.3) is 0 Å². The average Bonchev–Trinajstić information content (AvgIpc) is 3.51. The predicted molar refractivity (Wildman–Crippen MR) is 105 cm³/mol. The Hall–Kier alpha value is -2.90. The molecule has 0 spiro atoms. The second-order valence-corrected chi connectivity index (χ2v) is 8.07. The zero-order valence-electron chi connectivity index (χ0n) is 16.4. The quantitative estimate of drug-likeness (QED) is 0.681. The van der Waals surface area contributed by atoms with E-state index in [1.54, 1.807) is 4.68 Å². The SMILES string of the molecule is Cc1nnc2n1N=C(Oc1cc(C(F)(F)F)ccc1C1C=CC=CC1)CC2C1CC1. The third-order valence-electron chi connectivity index (χ3n) is 5.90. The van der Waals surface area contributed by atoms with Crippen LogP contribution in [0.4, 0.5) is 13.2 Å². The Kier molecular flexibility index (Phi) is 4.52. The van der Waals surface area contributed by atoms with E-state index >= 15 is 0 Å². The highest BCUT2D eigenvalue weighted by molar-refractivity contribution is 5.80. The molecule has 1 aromatic carbocycles. The first-order chi connectivity index (χ1) is 14.4. The van der Waals surface area contributed by atoms with Crippen LogP contribution in [-0.2, 0) is 6.18 Å². The molecule has 1 aliphatic heterocycles. The summed E-state index contributed by atoms with van der Waals surface area (Å²) in [7, 11) is 0. The molecule has 2 unspecified atom stereocenters. The van der Waals surface area contributed by atoms with Gasteiger partial charge in [-0.2, -0.15) is 17.8 Å². The second-order valence-electron chi connectivity index (χ2n) is 8.07. The number of benzene rings is 1. The Bertz CT molecular complexity index is 1060. The second kappa shape index (κ2) is 7.11. The fourth-order valence-corrected chi connectivity index (χ4v) is 4.14. The summed E-state index contributed by atoms with van der Waals surface area (Å²) in [5.74, 6) is 2.64. The van der Waals surface area contributed by atoms with E-state index in [0.29, 0.717) is 30.5 Å². The molecule has 2 atom stereocenters. The van der Waals surface area contributed by atoms with E-state index in [1.807, 2.05) is 31.2 Å². The molecule has 5 rings (SSSR count). The molecular weight excluding hydrogens is 393 g/mol. The fourth-order valence-electron chi connectivity index (χ4n) is 4.14. The molecule has 1 aromatic heterocycles. The van der Waals surface area contributed by atoms with Crippen LogP contribution in [0, 0.1) is 12.8 Å². The lowest BCUT2D eigenvalue weighted by atomic mass is 9.91. The fraction of sp³-hybridized carbons (Fsp3) is 0.409. The minimum absolute atomic E-state index is 0.0390. The van der Waals surface area contributed by atoms with Crippen LogP contribution in [0.5, 0.6) is 5.75 Å². The van der Waals surface area contributed by atoms with Crippen molar-refractivity contribution in [2.24, 2.45) is 11.0 Å². The van der Waals surface area contributed by atoms with Crippen LogP contribution in [0.1, 0.15) is 60.3 Å². The van der Waals surface area contributed by atoms with Gasteiger partial charge in [0.15, 0.2) is 11.6 Å². The van der Waals surface area contributed by atoms with E-state index in [1.165, 1.54) is 6.07 Å². The number of aromatic nitrogens is 3. The van der Waals surface area contributed by atoms with Crippen LogP contribution in [0.2, 0.25) is 0 Å². The molecule has 8 heteroatoms. The van der Waals surface area contributed by atoms with Crippen molar-refractivity contribution in [3.05, 3.63) is 65.3 Å². The average molecular weight is 414 g/mol. The van der Waals surface area contributed by atoms with Crippen molar-refractivity contribution in [1.29, 1.82) is 0 Å². The monoisotopic (exact) mass is 414 g/mol. The van der Waals surface area contributed by atoms with Gasteiger partial charge < -0.3 is 4.74 Å². The van der Waals surface area contributed by atoms with Crippen LogP contribution in [0.15, 0.2) is 47.6 Å². The number of alkyl halides is 3. The summed E-state index contributed by atoms with van der Waals surface area (Å²) in [6, 6.07) is 3.72. The van der Waals surface area contributed by atoms with Gasteiger partial charge in [0.25, 0.3) is 0 Å². The largest absolute Gasteiger partial charge is 0.441 e. The number of aryl methyl sites for hydroxylation is 1. The molecule has 2 aliphatic carbocycles. The van der Waals surface area contributed by atoms with E-state index < -0.39 is 11.7 Å². The van der Waals surface area contributed by atoms with Crippen LogP contribution in [0.3, 0.4) is 0 Å². The molecule has 1 fully saturated rings. The summed E-state index contributed by atoms with van der Waals surface area (Å²) >= 11 is 0. The number of allylic oxidation sites excluding steroid dienone is 4. The Morgan fingerprint density at radius 2 is 1.97 bits per heavy atom. The summed E-state index contributed by atoms with van der Waals surface area (Å²) in [4.78, 5) is 0.